The van der Waals surface area contributed by atoms with Gasteiger partial charge < -0.3 is 19.4 Å². The standard InChI is InChI=1S/C12H19NO2.C8H8N2S/c1-10-11(2)13-7-6-12(10)15-9-5-4-8-14-3;11-8-9-6-4-2-1-3-5-7(6)10-8/h6-7H,4-5,8-9H2,1-3H3;1-2,4-5H,3H2,(H2,9,10,11). The summed E-state index contributed by atoms with van der Waals surface area (Å²) in [5, 5.41) is 2.17. The smallest absolute Gasteiger partial charge is 0.175 e. The largest absolute Gasteiger partial charge is 0.493 e. The third kappa shape index (κ3) is 6.28. The van der Waals surface area contributed by atoms with Crippen molar-refractivity contribution in [1.82, 2.24) is 15.0 Å². The van der Waals surface area contributed by atoms with E-state index in [2.05, 4.69) is 27.1 Å². The summed E-state index contributed by atoms with van der Waals surface area (Å²) in [5.74, 6) is 0.944. The molecule has 0 aromatic carbocycles. The predicted octanol–water partition coefficient (Wildman–Crippen LogP) is 3.10. The Kier molecular flexibility index (Phi) is 8.31. The molecule has 1 aliphatic rings. The number of nitrogens with one attached hydrogen (secondary N) is 2. The van der Waals surface area contributed by atoms with Gasteiger partial charge in [0.25, 0.3) is 0 Å². The molecule has 0 saturated heterocycles. The van der Waals surface area contributed by atoms with Gasteiger partial charge in [-0.1, -0.05) is 18.2 Å². The minimum Gasteiger partial charge on any atom is -0.493 e. The van der Waals surface area contributed by atoms with Gasteiger partial charge in [-0.05, 0) is 57.5 Å². The number of aromatic amines is 2. The van der Waals surface area contributed by atoms with Crippen molar-refractivity contribution in [1.29, 1.82) is 0 Å². The number of ether oxygens (including phenoxy) is 2. The number of rotatable bonds is 6. The molecular formula is C20H27N3O2S. The lowest BCUT2D eigenvalue weighted by molar-refractivity contribution is 0.184. The maximum Gasteiger partial charge on any atom is 0.175 e. The third-order valence-electron chi connectivity index (χ3n) is 4.05. The lowest BCUT2D eigenvalue weighted by Gasteiger charge is -2.09. The number of aromatic nitrogens is 3. The first-order chi connectivity index (χ1) is 12.6. The van der Waals surface area contributed by atoms with E-state index in [1.807, 2.05) is 32.1 Å². The fourth-order valence-electron chi connectivity index (χ4n) is 2.44. The molecule has 0 aliphatic heterocycles. The van der Waals surface area contributed by atoms with E-state index in [0.717, 1.165) is 60.2 Å². The minimum atomic E-state index is 0.692. The highest BCUT2D eigenvalue weighted by molar-refractivity contribution is 7.71. The van der Waals surface area contributed by atoms with Crippen molar-refractivity contribution < 1.29 is 9.47 Å². The highest BCUT2D eigenvalue weighted by Gasteiger charge is 2.01. The van der Waals surface area contributed by atoms with Gasteiger partial charge in [0.1, 0.15) is 5.75 Å². The summed E-state index contributed by atoms with van der Waals surface area (Å²) in [4.78, 5) is 10.3. The summed E-state index contributed by atoms with van der Waals surface area (Å²) in [6.45, 7) is 5.57. The van der Waals surface area contributed by atoms with Crippen LogP contribution in [-0.2, 0) is 4.74 Å². The Hall–Kier alpha value is -2.18. The number of H-pyrrole nitrogens is 2. The van der Waals surface area contributed by atoms with E-state index in [9.17, 15) is 0 Å². The first kappa shape index (κ1) is 20.1. The number of pyridine rings is 1. The van der Waals surface area contributed by atoms with Crippen molar-refractivity contribution in [2.24, 2.45) is 0 Å². The van der Waals surface area contributed by atoms with Crippen molar-refractivity contribution >= 4 is 24.4 Å². The molecule has 1 aliphatic carbocycles. The zero-order valence-electron chi connectivity index (χ0n) is 15.7. The van der Waals surface area contributed by atoms with Crippen LogP contribution >= 0.6 is 12.2 Å². The molecule has 2 aromatic heterocycles. The van der Waals surface area contributed by atoms with Crippen molar-refractivity contribution in [2.45, 2.75) is 33.1 Å². The molecule has 0 atom stereocenters. The van der Waals surface area contributed by atoms with Gasteiger partial charge >= 0.3 is 0 Å². The first-order valence-electron chi connectivity index (χ1n) is 8.81. The highest BCUT2D eigenvalue weighted by atomic mass is 32.1. The zero-order valence-corrected chi connectivity index (χ0v) is 16.5. The van der Waals surface area contributed by atoms with E-state index in [-0.39, 0.29) is 0 Å². The summed E-state index contributed by atoms with van der Waals surface area (Å²) in [5.41, 5.74) is 2.16. The van der Waals surface area contributed by atoms with Gasteiger partial charge in [0, 0.05) is 31.2 Å². The summed E-state index contributed by atoms with van der Waals surface area (Å²) in [6.07, 6.45) is 13.1. The Labute approximate surface area is 159 Å². The average molecular weight is 374 g/mol. The molecule has 0 amide bonds. The number of hydrogen-bond acceptors (Lipinski definition) is 4. The van der Waals surface area contributed by atoms with Crippen molar-refractivity contribution in [3.05, 3.63) is 51.1 Å². The zero-order chi connectivity index (χ0) is 18.8. The molecule has 140 valence electrons. The van der Waals surface area contributed by atoms with E-state index >= 15 is 0 Å². The van der Waals surface area contributed by atoms with Gasteiger partial charge in [0.2, 0.25) is 0 Å². The minimum absolute atomic E-state index is 0.692. The molecule has 3 rings (SSSR count). The van der Waals surface area contributed by atoms with Gasteiger partial charge in [0.05, 0.1) is 17.3 Å². The van der Waals surface area contributed by atoms with Crippen LogP contribution in [-0.4, -0.2) is 35.3 Å². The lowest BCUT2D eigenvalue weighted by atomic mass is 10.2. The molecule has 26 heavy (non-hydrogen) atoms. The normalized spacial score (nSPS) is 12.1. The first-order valence-corrected chi connectivity index (χ1v) is 9.22. The SMILES string of the molecule is COCCCCOc1ccnc(C)c1C.S=c1[nH]c2c([nH]1)=CCC=CC=2. The van der Waals surface area contributed by atoms with Crippen LogP contribution in [0.25, 0.3) is 12.2 Å². The number of fused-ring (bicyclic) bond motifs is 1. The molecule has 0 unspecified atom stereocenters. The maximum atomic E-state index is 5.67. The maximum absolute atomic E-state index is 5.67. The van der Waals surface area contributed by atoms with Crippen molar-refractivity contribution in [3.8, 4) is 5.75 Å². The fourth-order valence-corrected chi connectivity index (χ4v) is 2.66. The van der Waals surface area contributed by atoms with Crippen molar-refractivity contribution in [2.75, 3.05) is 20.3 Å². The Balaban J connectivity index is 0.000000195. The Morgan fingerprint density at radius 3 is 2.73 bits per heavy atom. The average Bonchev–Trinajstić information content (AvgIpc) is 2.84. The molecule has 0 fully saturated rings. The van der Waals surface area contributed by atoms with E-state index in [4.69, 9.17) is 21.7 Å². The van der Waals surface area contributed by atoms with Gasteiger partial charge in [-0.15, -0.1) is 0 Å². The molecule has 0 spiro atoms. The number of aryl methyl sites for hydroxylation is 1. The van der Waals surface area contributed by atoms with Gasteiger partial charge in [0.15, 0.2) is 4.77 Å². The van der Waals surface area contributed by atoms with E-state index in [1.165, 1.54) is 0 Å². The highest BCUT2D eigenvalue weighted by Crippen LogP contribution is 2.18. The van der Waals surface area contributed by atoms with E-state index in [0.29, 0.717) is 4.77 Å². The van der Waals surface area contributed by atoms with Crippen LogP contribution in [0.5, 0.6) is 5.75 Å². The summed E-state index contributed by atoms with van der Waals surface area (Å²) in [6, 6.07) is 1.92. The Morgan fingerprint density at radius 2 is 1.92 bits per heavy atom. The summed E-state index contributed by atoms with van der Waals surface area (Å²) in [7, 11) is 1.72. The van der Waals surface area contributed by atoms with E-state index < -0.39 is 0 Å². The summed E-state index contributed by atoms with van der Waals surface area (Å²) < 4.78 is 11.3. The quantitative estimate of drug-likeness (QED) is 0.603. The molecule has 0 bridgehead atoms. The molecule has 2 aromatic rings. The molecular weight excluding hydrogens is 346 g/mol. The van der Waals surface area contributed by atoms with Crippen LogP contribution in [0.2, 0.25) is 0 Å². The number of allylic oxidation sites excluding steroid dienone is 2. The topological polar surface area (TPSA) is 62.9 Å². The van der Waals surface area contributed by atoms with Gasteiger partial charge in [-0.25, -0.2) is 0 Å². The second kappa shape index (κ2) is 10.7. The number of methoxy groups -OCH3 is 1. The van der Waals surface area contributed by atoms with Crippen LogP contribution in [0.4, 0.5) is 0 Å². The lowest BCUT2D eigenvalue weighted by Crippen LogP contribution is -2.23. The monoisotopic (exact) mass is 373 g/mol. The van der Waals surface area contributed by atoms with Crippen molar-refractivity contribution in [3.63, 3.8) is 0 Å². The molecule has 2 N–H and O–H groups in total. The predicted molar refractivity (Wildman–Crippen MR) is 108 cm³/mol. The van der Waals surface area contributed by atoms with Crippen LogP contribution in [0.15, 0.2) is 24.4 Å². The van der Waals surface area contributed by atoms with Crippen LogP contribution < -0.4 is 15.4 Å². The Morgan fingerprint density at radius 1 is 1.15 bits per heavy atom. The molecule has 0 saturated carbocycles. The van der Waals surface area contributed by atoms with Gasteiger partial charge in [-0.3, -0.25) is 4.98 Å². The number of hydrogen-bond donors (Lipinski definition) is 2. The molecule has 0 radical (unpaired) electrons. The fraction of sp³-hybridized carbons (Fsp3) is 0.400. The number of nitrogens with zero attached hydrogens (tertiary/aromatic N) is 1. The molecule has 5 nitrogen and oxygen atoms in total. The molecule has 2 heterocycles. The van der Waals surface area contributed by atoms with Crippen LogP contribution in [0.3, 0.4) is 0 Å². The van der Waals surface area contributed by atoms with Crippen LogP contribution in [0.1, 0.15) is 30.5 Å². The van der Waals surface area contributed by atoms with E-state index in [1.54, 1.807) is 13.3 Å². The number of imidazole rings is 1. The second-order valence-corrected chi connectivity index (χ2v) is 6.42. The molecule has 6 heteroatoms. The third-order valence-corrected chi connectivity index (χ3v) is 4.25. The number of unbranched alkanes of at least 4 members (excludes halogenated alkanes) is 1. The Bertz CT molecular complexity index is 897. The summed E-state index contributed by atoms with van der Waals surface area (Å²) >= 11 is 4.95. The van der Waals surface area contributed by atoms with Gasteiger partial charge in [-0.2, -0.15) is 0 Å². The van der Waals surface area contributed by atoms with Crippen LogP contribution in [0, 0.1) is 18.6 Å². The second-order valence-electron chi connectivity index (χ2n) is 6.01.